The van der Waals surface area contributed by atoms with Crippen molar-refractivity contribution in [1.29, 1.82) is 0 Å². The predicted molar refractivity (Wildman–Crippen MR) is 93.3 cm³/mol. The fourth-order valence-electron chi connectivity index (χ4n) is 2.58. The van der Waals surface area contributed by atoms with Gasteiger partial charge in [0.1, 0.15) is 13.3 Å². The molecule has 1 N–H and O–H groups in total. The molecule has 2 saturated heterocycles. The average Bonchev–Trinajstić information content (AvgIpc) is 2.64. The Morgan fingerprint density at radius 2 is 1.75 bits per heavy atom. The number of alkyl halides is 2. The number of hydrogen-bond acceptors (Lipinski definition) is 4. The fraction of sp³-hybridized carbons (Fsp3) is 0.647. The van der Waals surface area contributed by atoms with Crippen LogP contribution in [0, 0.1) is 0 Å². The van der Waals surface area contributed by atoms with Gasteiger partial charge in [-0.3, -0.25) is 4.90 Å². The molecule has 1 aromatic rings. The van der Waals surface area contributed by atoms with Gasteiger partial charge in [0.05, 0.1) is 25.4 Å². The largest absolute Gasteiger partial charge is 0.373 e. The molecule has 138 valence electrons. The highest BCUT2D eigenvalue weighted by molar-refractivity contribution is 5.85. The van der Waals surface area contributed by atoms with E-state index >= 15 is 0 Å². The summed E-state index contributed by atoms with van der Waals surface area (Å²) < 4.78 is 34.4. The van der Waals surface area contributed by atoms with E-state index in [1.165, 1.54) is 5.56 Å². The summed E-state index contributed by atoms with van der Waals surface area (Å²) >= 11 is 0. The number of nitrogens with one attached hydrogen (secondary N) is 1. The summed E-state index contributed by atoms with van der Waals surface area (Å²) in [5, 5.41) is 3.02. The highest BCUT2D eigenvalue weighted by Gasteiger charge is 2.19. The zero-order valence-corrected chi connectivity index (χ0v) is 14.6. The molecule has 0 aromatic heterocycles. The van der Waals surface area contributed by atoms with Gasteiger partial charge in [0.25, 0.3) is 0 Å². The molecular weight excluding hydrogens is 338 g/mol. The lowest BCUT2D eigenvalue weighted by atomic mass is 10.2. The summed E-state index contributed by atoms with van der Waals surface area (Å²) in [5.41, 5.74) is 1.28. The summed E-state index contributed by atoms with van der Waals surface area (Å²) in [4.78, 5) is 2.24. The van der Waals surface area contributed by atoms with Gasteiger partial charge in [-0.2, -0.15) is 0 Å². The number of morpholine rings is 2. The van der Waals surface area contributed by atoms with E-state index in [2.05, 4.69) is 22.3 Å². The molecule has 2 fully saturated rings. The van der Waals surface area contributed by atoms with Crippen LogP contribution in [0.2, 0.25) is 0 Å². The Hall–Kier alpha value is -0.790. The summed E-state index contributed by atoms with van der Waals surface area (Å²) in [6, 6.07) is 10.3. The number of halogens is 3. The second kappa shape index (κ2) is 12.6. The van der Waals surface area contributed by atoms with Crippen molar-refractivity contribution in [2.45, 2.75) is 18.8 Å². The van der Waals surface area contributed by atoms with Crippen molar-refractivity contribution in [1.82, 2.24) is 10.2 Å². The molecule has 24 heavy (non-hydrogen) atoms. The van der Waals surface area contributed by atoms with Crippen LogP contribution in [0.3, 0.4) is 0 Å². The molecule has 4 nitrogen and oxygen atoms in total. The standard InChI is InChI=1S/C12H16FNO.C5H10FNO.ClH/c13-8-12-10-14(6-7-15-12)9-11-4-2-1-3-5-11;6-3-5-4-7-1-2-8-5;/h1-5,12H,6-10H2;5,7H,1-4H2;1H/t12-;5-;/m00./s1. The van der Waals surface area contributed by atoms with Crippen molar-refractivity contribution in [3.8, 4) is 0 Å². The predicted octanol–water partition coefficient (Wildman–Crippen LogP) is 2.22. The molecule has 2 aliphatic rings. The molecule has 0 aliphatic carbocycles. The highest BCUT2D eigenvalue weighted by atomic mass is 35.5. The fourth-order valence-corrected chi connectivity index (χ4v) is 2.58. The van der Waals surface area contributed by atoms with Crippen LogP contribution in [-0.2, 0) is 16.0 Å². The normalized spacial score (nSPS) is 24.4. The quantitative estimate of drug-likeness (QED) is 0.888. The van der Waals surface area contributed by atoms with Crippen LogP contribution >= 0.6 is 12.4 Å². The van der Waals surface area contributed by atoms with E-state index < -0.39 is 0 Å². The van der Waals surface area contributed by atoms with Gasteiger partial charge in [-0.1, -0.05) is 30.3 Å². The van der Waals surface area contributed by atoms with Crippen molar-refractivity contribution in [2.24, 2.45) is 0 Å². The molecule has 0 spiro atoms. The smallest absolute Gasteiger partial charge is 0.117 e. The summed E-state index contributed by atoms with van der Waals surface area (Å²) in [6.45, 7) is 4.54. The monoisotopic (exact) mass is 364 g/mol. The zero-order chi connectivity index (χ0) is 16.3. The van der Waals surface area contributed by atoms with Crippen molar-refractivity contribution in [2.75, 3.05) is 52.7 Å². The van der Waals surface area contributed by atoms with Gasteiger partial charge in [0.2, 0.25) is 0 Å². The molecule has 1 aromatic carbocycles. The van der Waals surface area contributed by atoms with Crippen molar-refractivity contribution in [3.05, 3.63) is 35.9 Å². The maximum Gasteiger partial charge on any atom is 0.117 e. The summed E-state index contributed by atoms with van der Waals surface area (Å²) in [6.07, 6.45) is -0.425. The van der Waals surface area contributed by atoms with Crippen LogP contribution in [0.5, 0.6) is 0 Å². The first-order chi connectivity index (χ1) is 11.3. The summed E-state index contributed by atoms with van der Waals surface area (Å²) in [7, 11) is 0. The Kier molecular flexibility index (Phi) is 11.1. The van der Waals surface area contributed by atoms with Gasteiger partial charge in [-0.15, -0.1) is 12.4 Å². The maximum atomic E-state index is 12.4. The molecule has 2 aliphatic heterocycles. The van der Waals surface area contributed by atoms with Crippen LogP contribution in [-0.4, -0.2) is 69.8 Å². The first-order valence-electron chi connectivity index (χ1n) is 8.14. The maximum absolute atomic E-state index is 12.4. The average molecular weight is 365 g/mol. The van der Waals surface area contributed by atoms with E-state index in [1.54, 1.807) is 0 Å². The number of benzene rings is 1. The number of rotatable bonds is 4. The Morgan fingerprint density at radius 1 is 1.04 bits per heavy atom. The lowest BCUT2D eigenvalue weighted by molar-refractivity contribution is -0.0412. The lowest BCUT2D eigenvalue weighted by Crippen LogP contribution is -2.42. The summed E-state index contributed by atoms with van der Waals surface area (Å²) in [5.74, 6) is 0. The number of hydrogen-bond donors (Lipinski definition) is 1. The second-order valence-corrected chi connectivity index (χ2v) is 5.72. The topological polar surface area (TPSA) is 33.7 Å². The molecule has 0 bridgehead atoms. The Morgan fingerprint density at radius 3 is 2.33 bits per heavy atom. The van der Waals surface area contributed by atoms with Gasteiger partial charge in [-0.05, 0) is 5.56 Å². The van der Waals surface area contributed by atoms with Gasteiger partial charge < -0.3 is 14.8 Å². The first-order valence-corrected chi connectivity index (χ1v) is 8.14. The van der Waals surface area contributed by atoms with E-state index in [0.29, 0.717) is 26.3 Å². The molecule has 0 amide bonds. The highest BCUT2D eigenvalue weighted by Crippen LogP contribution is 2.10. The minimum atomic E-state index is -0.384. The minimum Gasteiger partial charge on any atom is -0.373 e. The van der Waals surface area contributed by atoms with Crippen LogP contribution in [0.25, 0.3) is 0 Å². The van der Waals surface area contributed by atoms with Crippen molar-refractivity contribution in [3.63, 3.8) is 0 Å². The molecule has 2 atom stereocenters. The zero-order valence-electron chi connectivity index (χ0n) is 13.8. The number of nitrogens with zero attached hydrogens (tertiary/aromatic N) is 1. The van der Waals surface area contributed by atoms with Crippen LogP contribution in [0.15, 0.2) is 30.3 Å². The molecule has 2 heterocycles. The van der Waals surface area contributed by atoms with Crippen LogP contribution < -0.4 is 5.32 Å². The molecule has 0 radical (unpaired) electrons. The Bertz CT molecular complexity index is 422. The SMILES string of the molecule is Cl.FC[C@H]1CN(Cc2ccccc2)CCO1.FC[C@H]1CNCCO1. The third kappa shape index (κ3) is 7.85. The van der Waals surface area contributed by atoms with E-state index in [0.717, 1.165) is 19.6 Å². The molecule has 0 saturated carbocycles. The first kappa shape index (κ1) is 21.3. The molecule has 0 unspecified atom stereocenters. The Labute approximate surface area is 148 Å². The van der Waals surface area contributed by atoms with E-state index in [9.17, 15) is 8.78 Å². The van der Waals surface area contributed by atoms with E-state index in [1.807, 2.05) is 18.2 Å². The van der Waals surface area contributed by atoms with Crippen LogP contribution in [0.4, 0.5) is 8.78 Å². The van der Waals surface area contributed by atoms with Crippen LogP contribution in [0.1, 0.15) is 5.56 Å². The number of ether oxygens (including phenoxy) is 2. The van der Waals surface area contributed by atoms with Gasteiger partial charge in [-0.25, -0.2) is 8.78 Å². The second-order valence-electron chi connectivity index (χ2n) is 5.72. The molecular formula is C17H27ClF2N2O2. The molecule has 7 heteroatoms. The van der Waals surface area contributed by atoms with Gasteiger partial charge in [0, 0.05) is 32.7 Å². The Balaban J connectivity index is 0.000000273. The molecule has 3 rings (SSSR count). The van der Waals surface area contributed by atoms with E-state index in [4.69, 9.17) is 9.47 Å². The van der Waals surface area contributed by atoms with Gasteiger partial charge in [0.15, 0.2) is 0 Å². The van der Waals surface area contributed by atoms with E-state index in [-0.39, 0.29) is 38.0 Å². The third-order valence-corrected chi connectivity index (χ3v) is 3.82. The van der Waals surface area contributed by atoms with Gasteiger partial charge >= 0.3 is 0 Å². The lowest BCUT2D eigenvalue weighted by Gasteiger charge is -2.31. The minimum absolute atomic E-state index is 0. The van der Waals surface area contributed by atoms with Crippen molar-refractivity contribution >= 4 is 12.4 Å². The van der Waals surface area contributed by atoms with Crippen molar-refractivity contribution < 1.29 is 18.3 Å². The third-order valence-electron chi connectivity index (χ3n) is 3.82.